The Bertz CT molecular complexity index is 645. The number of rotatable bonds is 2. The molecule has 0 spiro atoms. The van der Waals surface area contributed by atoms with Crippen LogP contribution in [0.15, 0.2) is 48.5 Å². The zero-order valence-corrected chi connectivity index (χ0v) is 15.4. The summed E-state index contributed by atoms with van der Waals surface area (Å²) in [6.45, 7) is 6.45. The topological polar surface area (TPSA) is 121 Å². The summed E-state index contributed by atoms with van der Waals surface area (Å²) in [5, 5.41) is 38.0. The van der Waals surface area contributed by atoms with Gasteiger partial charge >= 0.3 is 41.3 Å². The molecule has 0 aromatic heterocycles. The van der Waals surface area contributed by atoms with Gasteiger partial charge in [0.15, 0.2) is 0 Å². The molecule has 0 bridgehead atoms. The molecule has 0 fully saturated rings. The summed E-state index contributed by atoms with van der Waals surface area (Å²) in [4.78, 5) is 20.3. The number of aromatic hydroxyl groups is 2. The van der Waals surface area contributed by atoms with Crippen LogP contribution in [0.2, 0.25) is 4.28 Å². The molecule has 130 valence electrons. The fourth-order valence-corrected chi connectivity index (χ4v) is 1.29. The minimum atomic E-state index is -1.36. The number of carbonyl (C=O) groups is 2. The summed E-state index contributed by atoms with van der Waals surface area (Å²) in [5.74, 6) is -3.25. The quantitative estimate of drug-likeness (QED) is 0.769. The van der Waals surface area contributed by atoms with Gasteiger partial charge in [-0.05, 0) is 24.3 Å². The van der Waals surface area contributed by atoms with Gasteiger partial charge < -0.3 is 30.0 Å². The van der Waals surface area contributed by atoms with Gasteiger partial charge in [-0.1, -0.05) is 24.3 Å². The Hall–Kier alpha value is -2.49. The molecule has 2 rings (SSSR count). The molecule has 0 saturated heterocycles. The van der Waals surface area contributed by atoms with E-state index in [2.05, 4.69) is 37.1 Å². The number of aromatic carboxylic acids is 2. The average molecular weight is 358 g/mol. The number of hydrogen-bond donors (Lipinski definition) is 2. The molecule has 0 heterocycles. The van der Waals surface area contributed by atoms with Crippen LogP contribution in [0.3, 0.4) is 0 Å². The second-order valence-electron chi connectivity index (χ2n) is 5.98. The van der Waals surface area contributed by atoms with Gasteiger partial charge in [-0.2, -0.15) is 0 Å². The van der Waals surface area contributed by atoms with E-state index in [1.807, 2.05) is 0 Å². The number of carboxylic acids is 2. The summed E-state index contributed by atoms with van der Waals surface area (Å²) in [7, 11) is 0. The van der Waals surface area contributed by atoms with Crippen molar-refractivity contribution < 1.29 is 30.0 Å². The molecular formula is C18H19AlO6. The van der Waals surface area contributed by atoms with Crippen LogP contribution >= 0.6 is 0 Å². The van der Waals surface area contributed by atoms with E-state index in [-0.39, 0.29) is 22.6 Å². The van der Waals surface area contributed by atoms with Gasteiger partial charge in [0.05, 0.1) is 11.9 Å². The Morgan fingerprint density at radius 1 is 0.800 bits per heavy atom. The zero-order chi connectivity index (χ0) is 19.6. The third-order valence-corrected chi connectivity index (χ3v) is 2.25. The number of hydrogen-bond acceptors (Lipinski definition) is 6. The maximum Gasteiger partial charge on any atom is 0.124 e. The predicted molar refractivity (Wildman–Crippen MR) is 90.3 cm³/mol. The molecule has 0 radical (unpaired) electrons. The van der Waals surface area contributed by atoms with Gasteiger partial charge in [0, 0.05) is 11.1 Å². The summed E-state index contributed by atoms with van der Waals surface area (Å²) in [6.07, 6.45) is 0. The van der Waals surface area contributed by atoms with E-state index in [1.54, 1.807) is 12.1 Å². The van der Waals surface area contributed by atoms with Crippen LogP contribution in [-0.4, -0.2) is 38.4 Å². The Morgan fingerprint density at radius 2 is 1.04 bits per heavy atom. The van der Waals surface area contributed by atoms with Crippen molar-refractivity contribution in [1.82, 2.24) is 0 Å². The number of para-hydroxylation sites is 2. The molecule has 25 heavy (non-hydrogen) atoms. The number of carbonyl (C=O) groups excluding carboxylic acids is 2. The molecule has 0 amide bonds. The molecule has 0 saturated carbocycles. The molecule has 6 nitrogen and oxygen atoms in total. The van der Waals surface area contributed by atoms with Crippen molar-refractivity contribution >= 4 is 28.2 Å². The van der Waals surface area contributed by atoms with Crippen molar-refractivity contribution in [2.75, 3.05) is 0 Å². The summed E-state index contributed by atoms with van der Waals surface area (Å²) < 4.78 is 0.417. The molecule has 0 aliphatic heterocycles. The maximum atomic E-state index is 10.2. The van der Waals surface area contributed by atoms with E-state index in [4.69, 9.17) is 10.2 Å². The normalized spacial score (nSPS) is 9.80. The number of carboxylic acid groups (broad SMARTS) is 2. The first-order valence-corrected chi connectivity index (χ1v) is 7.78. The molecule has 0 aliphatic rings. The van der Waals surface area contributed by atoms with Crippen molar-refractivity contribution in [3.05, 3.63) is 59.7 Å². The van der Waals surface area contributed by atoms with Crippen LogP contribution in [0.4, 0.5) is 0 Å². The Morgan fingerprint density at radius 3 is 1.20 bits per heavy atom. The van der Waals surface area contributed by atoms with Crippen molar-refractivity contribution in [1.29, 1.82) is 0 Å². The monoisotopic (exact) mass is 358 g/mol. The summed E-state index contributed by atoms with van der Waals surface area (Å²) in [6, 6.07) is 11.3. The first kappa shape index (κ1) is 22.5. The third-order valence-electron chi connectivity index (χ3n) is 2.25. The van der Waals surface area contributed by atoms with Crippen LogP contribution in [0.1, 0.15) is 41.5 Å². The van der Waals surface area contributed by atoms with Gasteiger partial charge in [0.1, 0.15) is 11.5 Å². The summed E-state index contributed by atoms with van der Waals surface area (Å²) >= 11 is 2.72. The Labute approximate surface area is 154 Å². The van der Waals surface area contributed by atoms with Crippen LogP contribution in [-0.2, 0) is 0 Å². The van der Waals surface area contributed by atoms with E-state index in [1.165, 1.54) is 36.4 Å². The fraction of sp³-hybridized carbons (Fsp3) is 0.222. The summed E-state index contributed by atoms with van der Waals surface area (Å²) in [5.41, 5.74) is -0.356. The van der Waals surface area contributed by atoms with Crippen LogP contribution < -0.4 is 10.2 Å². The molecular weight excluding hydrogens is 339 g/mol. The number of benzene rings is 2. The van der Waals surface area contributed by atoms with Gasteiger partial charge in [-0.15, -0.1) is 0 Å². The molecule has 2 aromatic rings. The standard InChI is InChI=1S/2C7H6O3.C4H9.Al/c2*8-6-4-2-1-3-5(6)7(9)10;1-4(2)3;/h2*1-4,8H,(H,9,10);1-3H3;/q;;;+2/p-2. The van der Waals surface area contributed by atoms with E-state index >= 15 is 0 Å². The second kappa shape index (κ2) is 10.4. The predicted octanol–water partition coefficient (Wildman–Crippen LogP) is 0.885. The van der Waals surface area contributed by atoms with E-state index < -0.39 is 11.9 Å². The van der Waals surface area contributed by atoms with Gasteiger partial charge in [-0.25, -0.2) is 0 Å². The molecule has 0 atom stereocenters. The second-order valence-corrected chi connectivity index (χ2v) is 7.71. The van der Waals surface area contributed by atoms with E-state index in [0.29, 0.717) is 4.28 Å². The van der Waals surface area contributed by atoms with E-state index in [0.717, 1.165) is 0 Å². The van der Waals surface area contributed by atoms with E-state index in [9.17, 15) is 19.8 Å². The molecule has 0 unspecified atom stereocenters. The SMILES string of the molecule is C[C](C)(C)[Al+2].O=C([O-])c1ccccc1O.O=C([O-])c1ccccc1O. The first-order chi connectivity index (χ1) is 11.4. The zero-order valence-electron chi connectivity index (χ0n) is 14.2. The van der Waals surface area contributed by atoms with Gasteiger partial charge in [0.25, 0.3) is 0 Å². The van der Waals surface area contributed by atoms with Crippen molar-refractivity contribution in [2.45, 2.75) is 25.0 Å². The average Bonchev–Trinajstić information content (AvgIpc) is 2.46. The molecule has 2 N–H and O–H groups in total. The first-order valence-electron chi connectivity index (χ1n) is 7.21. The van der Waals surface area contributed by atoms with Crippen LogP contribution in [0.5, 0.6) is 11.5 Å². The largest absolute Gasteiger partial charge is 0.545 e. The third kappa shape index (κ3) is 10.8. The van der Waals surface area contributed by atoms with Crippen molar-refractivity contribution in [2.24, 2.45) is 0 Å². The Balaban J connectivity index is 0.000000368. The number of phenols is 2. The molecule has 7 heteroatoms. The van der Waals surface area contributed by atoms with Gasteiger partial charge in [0.2, 0.25) is 0 Å². The maximum absolute atomic E-state index is 10.2. The van der Waals surface area contributed by atoms with Gasteiger partial charge in [-0.3, -0.25) is 0 Å². The minimum absolute atomic E-state index is 0.178. The van der Waals surface area contributed by atoms with Crippen LogP contribution in [0, 0.1) is 0 Å². The fourth-order valence-electron chi connectivity index (χ4n) is 1.29. The molecule has 2 aromatic carbocycles. The minimum Gasteiger partial charge on any atom is -0.545 e. The molecule has 0 aliphatic carbocycles. The van der Waals surface area contributed by atoms with Crippen molar-refractivity contribution in [3.63, 3.8) is 0 Å². The Kier molecular flexibility index (Phi) is 9.36. The van der Waals surface area contributed by atoms with Crippen molar-refractivity contribution in [3.8, 4) is 11.5 Å². The smallest absolute Gasteiger partial charge is 0.124 e. The van der Waals surface area contributed by atoms with Crippen LogP contribution in [0.25, 0.3) is 0 Å².